The Morgan fingerprint density at radius 1 is 1.38 bits per heavy atom. The molecule has 0 aliphatic carbocycles. The van der Waals surface area contributed by atoms with Crippen LogP contribution in [-0.2, 0) is 4.74 Å². The molecule has 9 heteroatoms. The van der Waals surface area contributed by atoms with Crippen molar-refractivity contribution in [2.75, 3.05) is 18.9 Å². The molecule has 152 valence electrons. The predicted molar refractivity (Wildman–Crippen MR) is 110 cm³/mol. The maximum absolute atomic E-state index is 13.9. The van der Waals surface area contributed by atoms with Gasteiger partial charge in [0.15, 0.2) is 11.6 Å². The van der Waals surface area contributed by atoms with Gasteiger partial charge in [0.05, 0.1) is 26.6 Å². The van der Waals surface area contributed by atoms with Gasteiger partial charge in [-0.1, -0.05) is 23.2 Å². The summed E-state index contributed by atoms with van der Waals surface area (Å²) in [4.78, 5) is 4.19. The minimum absolute atomic E-state index is 0.109. The Morgan fingerprint density at radius 2 is 2.21 bits per heavy atom. The fourth-order valence-corrected chi connectivity index (χ4v) is 3.78. The van der Waals surface area contributed by atoms with Crippen molar-refractivity contribution in [3.05, 3.63) is 58.2 Å². The second kappa shape index (κ2) is 8.18. The molecule has 1 aromatic carbocycles. The van der Waals surface area contributed by atoms with E-state index in [-0.39, 0.29) is 40.7 Å². The molecule has 4 rings (SSSR count). The van der Waals surface area contributed by atoms with Crippen LogP contribution in [0.15, 0.2) is 36.8 Å². The molecular formula is C20H19Cl2FN4O2. The number of nitrogens with two attached hydrogens (primary N) is 1. The van der Waals surface area contributed by atoms with Gasteiger partial charge in [-0.3, -0.25) is 4.68 Å². The minimum atomic E-state index is -1.66. The van der Waals surface area contributed by atoms with Crippen molar-refractivity contribution in [2.24, 2.45) is 0 Å². The number of anilines is 1. The summed E-state index contributed by atoms with van der Waals surface area (Å²) in [6, 6.07) is 4.11. The molecule has 3 heterocycles. The average Bonchev–Trinajstić information content (AvgIpc) is 3.33. The summed E-state index contributed by atoms with van der Waals surface area (Å²) in [5.41, 5.74) is 7.74. The smallest absolute Gasteiger partial charge is 0.166 e. The lowest BCUT2D eigenvalue weighted by molar-refractivity contribution is 0.184. The summed E-state index contributed by atoms with van der Waals surface area (Å²) in [5, 5.41) is 4.50. The van der Waals surface area contributed by atoms with Gasteiger partial charge >= 0.3 is 0 Å². The van der Waals surface area contributed by atoms with Crippen LogP contribution in [0.25, 0.3) is 11.1 Å². The summed E-state index contributed by atoms with van der Waals surface area (Å²) in [6.07, 6.45) is 4.55. The Balaban J connectivity index is 1.58. The SMILES string of the molecule is [2H]C1([2H])CC(n2cc(-c3cnc(N)c(O[C@H](C)c4c(Cl)ccc(F)c4Cl)c3)cn2)CO1. The van der Waals surface area contributed by atoms with E-state index in [0.29, 0.717) is 11.1 Å². The molecule has 0 spiro atoms. The van der Waals surface area contributed by atoms with Crippen molar-refractivity contribution in [2.45, 2.75) is 25.5 Å². The summed E-state index contributed by atoms with van der Waals surface area (Å²) in [7, 11) is 0. The zero-order valence-corrected chi connectivity index (χ0v) is 16.9. The van der Waals surface area contributed by atoms with Crippen molar-refractivity contribution in [1.82, 2.24) is 14.8 Å². The number of nitrogen functional groups attached to an aromatic ring is 1. The van der Waals surface area contributed by atoms with Crippen LogP contribution in [0.4, 0.5) is 10.2 Å². The fraction of sp³-hybridized carbons (Fsp3) is 0.300. The first-order valence-corrected chi connectivity index (χ1v) is 9.64. The second-order valence-electron chi connectivity index (χ2n) is 6.65. The predicted octanol–water partition coefficient (Wildman–Crippen LogP) is 5.07. The van der Waals surface area contributed by atoms with Gasteiger partial charge in [0.25, 0.3) is 0 Å². The van der Waals surface area contributed by atoms with Crippen LogP contribution in [-0.4, -0.2) is 27.9 Å². The van der Waals surface area contributed by atoms with E-state index in [1.54, 1.807) is 36.3 Å². The van der Waals surface area contributed by atoms with Crippen LogP contribution >= 0.6 is 23.2 Å². The summed E-state index contributed by atoms with van der Waals surface area (Å²) in [5.74, 6) is -0.150. The maximum Gasteiger partial charge on any atom is 0.166 e. The van der Waals surface area contributed by atoms with Crippen LogP contribution < -0.4 is 10.5 Å². The number of aromatic nitrogens is 3. The van der Waals surface area contributed by atoms with E-state index in [0.717, 1.165) is 5.56 Å². The highest BCUT2D eigenvalue weighted by Gasteiger charge is 2.21. The Morgan fingerprint density at radius 3 is 2.97 bits per heavy atom. The topological polar surface area (TPSA) is 75.2 Å². The highest BCUT2D eigenvalue weighted by atomic mass is 35.5. The molecule has 1 saturated heterocycles. The molecule has 29 heavy (non-hydrogen) atoms. The van der Waals surface area contributed by atoms with Crippen LogP contribution in [0, 0.1) is 5.82 Å². The highest BCUT2D eigenvalue weighted by molar-refractivity contribution is 6.36. The molecule has 1 unspecified atom stereocenters. The zero-order chi connectivity index (χ0) is 22.3. The number of hydrogen-bond acceptors (Lipinski definition) is 5. The van der Waals surface area contributed by atoms with E-state index in [4.69, 9.17) is 41.2 Å². The largest absolute Gasteiger partial charge is 0.482 e. The number of pyridine rings is 1. The molecule has 6 nitrogen and oxygen atoms in total. The van der Waals surface area contributed by atoms with Gasteiger partial charge in [-0.25, -0.2) is 9.37 Å². The normalized spacial score (nSPS) is 20.2. The lowest BCUT2D eigenvalue weighted by atomic mass is 10.1. The Hall–Kier alpha value is -2.35. The highest BCUT2D eigenvalue weighted by Crippen LogP contribution is 2.37. The number of rotatable bonds is 5. The van der Waals surface area contributed by atoms with Gasteiger partial charge < -0.3 is 15.2 Å². The first kappa shape index (κ1) is 17.5. The average molecular weight is 439 g/mol. The van der Waals surface area contributed by atoms with E-state index in [1.165, 1.54) is 12.1 Å². The van der Waals surface area contributed by atoms with Gasteiger partial charge in [-0.15, -0.1) is 0 Å². The minimum Gasteiger partial charge on any atom is -0.482 e. The molecule has 1 aliphatic heterocycles. The number of halogens is 3. The Kier molecular flexibility index (Phi) is 4.94. The third-order valence-corrected chi connectivity index (χ3v) is 5.39. The van der Waals surface area contributed by atoms with E-state index >= 15 is 0 Å². The van der Waals surface area contributed by atoms with Gasteiger partial charge in [0, 0.05) is 40.7 Å². The lowest BCUT2D eigenvalue weighted by Gasteiger charge is -2.19. The molecule has 2 atom stereocenters. The lowest BCUT2D eigenvalue weighted by Crippen LogP contribution is -2.08. The molecule has 0 amide bonds. The number of hydrogen-bond donors (Lipinski definition) is 1. The Labute approximate surface area is 180 Å². The zero-order valence-electron chi connectivity index (χ0n) is 17.4. The number of ether oxygens (including phenoxy) is 2. The number of benzene rings is 1. The van der Waals surface area contributed by atoms with Crippen LogP contribution in [0.5, 0.6) is 5.75 Å². The quantitative estimate of drug-likeness (QED) is 0.562. The van der Waals surface area contributed by atoms with Crippen LogP contribution in [0.2, 0.25) is 10.0 Å². The summed E-state index contributed by atoms with van der Waals surface area (Å²) >= 11 is 12.3. The van der Waals surface area contributed by atoms with Crippen molar-refractivity contribution in [3.63, 3.8) is 0 Å². The molecule has 0 radical (unpaired) electrons. The molecule has 2 N–H and O–H groups in total. The first-order valence-electron chi connectivity index (χ1n) is 9.88. The molecule has 3 aromatic rings. The summed E-state index contributed by atoms with van der Waals surface area (Å²) < 4.78 is 42.0. The van der Waals surface area contributed by atoms with Crippen molar-refractivity contribution >= 4 is 29.0 Å². The van der Waals surface area contributed by atoms with E-state index in [1.807, 2.05) is 0 Å². The second-order valence-corrected chi connectivity index (χ2v) is 7.43. The molecule has 1 fully saturated rings. The third-order valence-electron chi connectivity index (χ3n) is 4.68. The van der Waals surface area contributed by atoms with Gasteiger partial charge in [-0.05, 0) is 31.5 Å². The van der Waals surface area contributed by atoms with Crippen LogP contribution in [0.1, 0.15) is 33.8 Å². The third kappa shape index (κ3) is 4.03. The fourth-order valence-electron chi connectivity index (χ4n) is 3.10. The molecule has 0 saturated carbocycles. The van der Waals surface area contributed by atoms with Crippen molar-refractivity contribution in [1.29, 1.82) is 0 Å². The van der Waals surface area contributed by atoms with Gasteiger partial charge in [0.2, 0.25) is 0 Å². The van der Waals surface area contributed by atoms with Gasteiger partial charge in [0.1, 0.15) is 11.9 Å². The van der Waals surface area contributed by atoms with Crippen molar-refractivity contribution in [3.8, 4) is 16.9 Å². The van der Waals surface area contributed by atoms with E-state index in [9.17, 15) is 4.39 Å². The summed E-state index contributed by atoms with van der Waals surface area (Å²) in [6.45, 7) is 0.274. The Bertz CT molecular complexity index is 1130. The van der Waals surface area contributed by atoms with Crippen molar-refractivity contribution < 1.29 is 16.6 Å². The standard InChI is InChI=1S/C20H19Cl2FN4O2/c1-11(18-15(21)2-3-16(23)19(18)22)29-17-6-12(7-25-20(17)24)13-8-26-27(9-13)14-4-5-28-10-14/h2-3,6-9,11,14H,4-5,10H2,1H3,(H2,24,25)/t11-,14?/m1/s1/i5D2. The molecule has 2 aromatic heterocycles. The maximum atomic E-state index is 13.9. The van der Waals surface area contributed by atoms with E-state index in [2.05, 4.69) is 10.1 Å². The molecule has 0 bridgehead atoms. The monoisotopic (exact) mass is 438 g/mol. The molecular weight excluding hydrogens is 418 g/mol. The number of nitrogens with zero attached hydrogens (tertiary/aromatic N) is 3. The van der Waals surface area contributed by atoms with E-state index < -0.39 is 18.5 Å². The van der Waals surface area contributed by atoms with Crippen LogP contribution in [0.3, 0.4) is 0 Å². The van der Waals surface area contributed by atoms with Gasteiger partial charge in [-0.2, -0.15) is 5.10 Å². The molecule has 1 aliphatic rings. The first-order chi connectivity index (χ1) is 14.6.